The summed E-state index contributed by atoms with van der Waals surface area (Å²) in [5.41, 5.74) is 4.10. The van der Waals surface area contributed by atoms with E-state index in [0.717, 1.165) is 22.3 Å². The molecule has 1 aliphatic heterocycles. The Morgan fingerprint density at radius 3 is 2.08 bits per heavy atom. The van der Waals surface area contributed by atoms with Crippen molar-refractivity contribution in [3.8, 4) is 11.5 Å². The van der Waals surface area contributed by atoms with E-state index in [1.165, 1.54) is 11.8 Å². The molecule has 5 rings (SSSR count). The molecule has 1 aliphatic rings. The van der Waals surface area contributed by atoms with Crippen molar-refractivity contribution in [2.45, 2.75) is 26.6 Å². The summed E-state index contributed by atoms with van der Waals surface area (Å²) in [6.07, 6.45) is 1.90. The fourth-order valence-corrected chi connectivity index (χ4v) is 5.14. The molecule has 39 heavy (non-hydrogen) atoms. The molecule has 0 N–H and O–H groups in total. The van der Waals surface area contributed by atoms with Crippen LogP contribution in [0.15, 0.2) is 119 Å². The van der Waals surface area contributed by atoms with Crippen LogP contribution in [0.4, 0.5) is 0 Å². The Balaban J connectivity index is 1.39. The summed E-state index contributed by atoms with van der Waals surface area (Å²) in [5, 5.41) is 0.701. The number of hydrogen-bond donors (Lipinski definition) is 0. The molecule has 1 heterocycles. The summed E-state index contributed by atoms with van der Waals surface area (Å²) in [5.74, 6) is 1.26. The zero-order valence-electron chi connectivity index (χ0n) is 21.8. The van der Waals surface area contributed by atoms with E-state index in [4.69, 9.17) is 14.5 Å². The first-order chi connectivity index (χ1) is 19.2. The number of amidine groups is 1. The third kappa shape index (κ3) is 6.98. The van der Waals surface area contributed by atoms with Crippen LogP contribution in [0.3, 0.4) is 0 Å². The molecular formula is C33H30N2O3S. The first-order valence-corrected chi connectivity index (χ1v) is 13.8. The second-order valence-corrected chi connectivity index (χ2v) is 9.99. The molecule has 4 aromatic rings. The summed E-state index contributed by atoms with van der Waals surface area (Å²) < 4.78 is 11.9. The van der Waals surface area contributed by atoms with Gasteiger partial charge >= 0.3 is 0 Å². The fraction of sp³-hybridized carbons (Fsp3) is 0.152. The Morgan fingerprint density at radius 2 is 1.41 bits per heavy atom. The highest BCUT2D eigenvalue weighted by Gasteiger charge is 2.33. The molecule has 1 fully saturated rings. The molecule has 0 aliphatic carbocycles. The van der Waals surface area contributed by atoms with Crippen LogP contribution in [0.2, 0.25) is 0 Å². The minimum Gasteiger partial charge on any atom is -0.490 e. The number of thioether (sulfide) groups is 1. The molecule has 0 unspecified atom stereocenters. The van der Waals surface area contributed by atoms with Crippen LogP contribution < -0.4 is 9.47 Å². The van der Waals surface area contributed by atoms with Crippen molar-refractivity contribution in [3.63, 3.8) is 0 Å². The van der Waals surface area contributed by atoms with Gasteiger partial charge in [-0.1, -0.05) is 97.1 Å². The van der Waals surface area contributed by atoms with Crippen molar-refractivity contribution in [3.05, 3.63) is 136 Å². The van der Waals surface area contributed by atoms with Gasteiger partial charge in [0.05, 0.1) is 24.6 Å². The van der Waals surface area contributed by atoms with Gasteiger partial charge < -0.3 is 9.47 Å². The number of amides is 1. The maximum absolute atomic E-state index is 13.6. The molecule has 1 saturated heterocycles. The van der Waals surface area contributed by atoms with E-state index < -0.39 is 0 Å². The Labute approximate surface area is 233 Å². The van der Waals surface area contributed by atoms with Gasteiger partial charge in [0.1, 0.15) is 6.61 Å². The zero-order chi connectivity index (χ0) is 26.9. The highest BCUT2D eigenvalue weighted by molar-refractivity contribution is 8.18. The number of nitrogens with zero attached hydrogens (tertiary/aromatic N) is 2. The zero-order valence-corrected chi connectivity index (χ0v) is 22.6. The quantitative estimate of drug-likeness (QED) is 0.200. The van der Waals surface area contributed by atoms with Gasteiger partial charge in [-0.05, 0) is 59.1 Å². The number of aliphatic imine (C=N–C) groups is 1. The average Bonchev–Trinajstić information content (AvgIpc) is 3.26. The minimum atomic E-state index is -0.0574. The maximum atomic E-state index is 13.6. The molecule has 0 aromatic heterocycles. The smallest absolute Gasteiger partial charge is 0.267 e. The Bertz CT molecular complexity index is 1450. The second-order valence-electron chi connectivity index (χ2n) is 8.99. The molecule has 4 aromatic carbocycles. The molecule has 0 atom stereocenters. The third-order valence-electron chi connectivity index (χ3n) is 6.11. The van der Waals surface area contributed by atoms with Crippen molar-refractivity contribution < 1.29 is 14.3 Å². The normalized spacial score (nSPS) is 15.2. The van der Waals surface area contributed by atoms with Gasteiger partial charge in [-0.3, -0.25) is 14.7 Å². The average molecular weight is 535 g/mol. The van der Waals surface area contributed by atoms with E-state index in [9.17, 15) is 4.79 Å². The molecule has 0 spiro atoms. The Hall–Kier alpha value is -4.29. The number of benzene rings is 4. The fourth-order valence-electron chi connectivity index (χ4n) is 4.16. The van der Waals surface area contributed by atoms with Gasteiger partial charge in [-0.15, -0.1) is 0 Å². The second kappa shape index (κ2) is 13.0. The summed E-state index contributed by atoms with van der Waals surface area (Å²) in [4.78, 5) is 20.8. The first kappa shape index (κ1) is 26.3. The van der Waals surface area contributed by atoms with E-state index in [0.29, 0.717) is 47.9 Å². The number of hydrogen-bond acceptors (Lipinski definition) is 5. The maximum Gasteiger partial charge on any atom is 0.267 e. The van der Waals surface area contributed by atoms with Gasteiger partial charge in [0, 0.05) is 0 Å². The van der Waals surface area contributed by atoms with Crippen molar-refractivity contribution in [1.82, 2.24) is 4.90 Å². The monoisotopic (exact) mass is 534 g/mol. The highest BCUT2D eigenvalue weighted by atomic mass is 32.2. The number of rotatable bonds is 10. The van der Waals surface area contributed by atoms with Crippen molar-refractivity contribution in [2.75, 3.05) is 6.61 Å². The van der Waals surface area contributed by atoms with Crippen LogP contribution in [0.1, 0.15) is 29.2 Å². The van der Waals surface area contributed by atoms with Gasteiger partial charge in [-0.2, -0.15) is 0 Å². The van der Waals surface area contributed by atoms with Crippen molar-refractivity contribution in [2.24, 2.45) is 4.99 Å². The summed E-state index contributed by atoms with van der Waals surface area (Å²) in [6.45, 7) is 3.88. The molecule has 6 heteroatoms. The molecule has 0 bridgehead atoms. The summed E-state index contributed by atoms with van der Waals surface area (Å²) in [6, 6.07) is 35.9. The van der Waals surface area contributed by atoms with Crippen LogP contribution in [0.25, 0.3) is 6.08 Å². The molecule has 0 radical (unpaired) electrons. The SMILES string of the molecule is CCOc1cc(C=C2SC(=NCc3ccccc3)N(Cc3ccccc3)C2=O)ccc1OCc1ccccc1. The highest BCUT2D eigenvalue weighted by Crippen LogP contribution is 2.36. The van der Waals surface area contributed by atoms with E-state index in [-0.39, 0.29) is 5.91 Å². The topological polar surface area (TPSA) is 51.1 Å². The van der Waals surface area contributed by atoms with E-state index >= 15 is 0 Å². The largest absolute Gasteiger partial charge is 0.490 e. The van der Waals surface area contributed by atoms with Gasteiger partial charge in [0.15, 0.2) is 16.7 Å². The van der Waals surface area contributed by atoms with Crippen LogP contribution in [-0.4, -0.2) is 22.6 Å². The third-order valence-corrected chi connectivity index (χ3v) is 7.16. The van der Waals surface area contributed by atoms with Gasteiger partial charge in [-0.25, -0.2) is 0 Å². The van der Waals surface area contributed by atoms with Crippen LogP contribution in [0.5, 0.6) is 11.5 Å². The lowest BCUT2D eigenvalue weighted by atomic mass is 10.1. The lowest BCUT2D eigenvalue weighted by molar-refractivity contribution is -0.122. The number of ether oxygens (including phenoxy) is 2. The lowest BCUT2D eigenvalue weighted by Gasteiger charge is -2.15. The summed E-state index contributed by atoms with van der Waals surface area (Å²) in [7, 11) is 0. The van der Waals surface area contributed by atoms with Crippen LogP contribution >= 0.6 is 11.8 Å². The van der Waals surface area contributed by atoms with Crippen LogP contribution in [0, 0.1) is 0 Å². The minimum absolute atomic E-state index is 0.0574. The molecule has 0 saturated carbocycles. The van der Waals surface area contributed by atoms with Gasteiger partial charge in [0.25, 0.3) is 5.91 Å². The Morgan fingerprint density at radius 1 is 0.769 bits per heavy atom. The standard InChI is InChI=1S/C33H30N2O3S/c1-2-37-30-20-28(18-19-29(30)38-24-27-16-10-5-11-17-27)21-31-32(36)35(23-26-14-8-4-9-15-26)33(39-31)34-22-25-12-6-3-7-13-25/h3-21H,2,22-24H2,1H3. The first-order valence-electron chi connectivity index (χ1n) is 13.0. The summed E-state index contributed by atoms with van der Waals surface area (Å²) >= 11 is 1.41. The predicted octanol–water partition coefficient (Wildman–Crippen LogP) is 7.34. The number of carbonyl (C=O) groups excluding carboxylic acids is 1. The molecule has 196 valence electrons. The van der Waals surface area contributed by atoms with Crippen molar-refractivity contribution in [1.29, 1.82) is 0 Å². The number of carbonyl (C=O) groups is 1. The molecular weight excluding hydrogens is 504 g/mol. The lowest BCUT2D eigenvalue weighted by Crippen LogP contribution is -2.28. The predicted molar refractivity (Wildman–Crippen MR) is 159 cm³/mol. The molecule has 1 amide bonds. The van der Waals surface area contributed by atoms with E-state index in [1.807, 2.05) is 122 Å². The van der Waals surface area contributed by atoms with E-state index in [2.05, 4.69) is 0 Å². The van der Waals surface area contributed by atoms with E-state index in [1.54, 1.807) is 4.90 Å². The van der Waals surface area contributed by atoms with Crippen molar-refractivity contribution >= 4 is 28.9 Å². The Kier molecular flexibility index (Phi) is 8.76. The van der Waals surface area contributed by atoms with Gasteiger partial charge in [0.2, 0.25) is 0 Å². The molecule has 5 nitrogen and oxygen atoms in total. The van der Waals surface area contributed by atoms with Crippen LogP contribution in [-0.2, 0) is 24.5 Å².